The largest absolute Gasteiger partial charge is 0.508 e. The highest BCUT2D eigenvalue weighted by Crippen LogP contribution is 2.35. The van der Waals surface area contributed by atoms with Crippen LogP contribution in [-0.2, 0) is 12.8 Å². The van der Waals surface area contributed by atoms with Crippen molar-refractivity contribution in [3.05, 3.63) is 22.8 Å². The van der Waals surface area contributed by atoms with Gasteiger partial charge < -0.3 is 10.2 Å². The van der Waals surface area contributed by atoms with Crippen molar-refractivity contribution in [2.24, 2.45) is 0 Å². The van der Waals surface area contributed by atoms with Gasteiger partial charge in [0.2, 0.25) is 0 Å². The van der Waals surface area contributed by atoms with Gasteiger partial charge in [0.15, 0.2) is 5.78 Å². The number of rotatable bonds is 6. The Bertz CT molecular complexity index is 436. The summed E-state index contributed by atoms with van der Waals surface area (Å²) in [6, 6.07) is 1.41. The lowest BCUT2D eigenvalue weighted by atomic mass is 9.93. The molecule has 0 heterocycles. The van der Waals surface area contributed by atoms with Gasteiger partial charge in [0, 0.05) is 17.5 Å². The number of aromatic hydroxyl groups is 2. The Morgan fingerprint density at radius 1 is 1.06 bits per heavy atom. The van der Waals surface area contributed by atoms with Crippen LogP contribution in [0.5, 0.6) is 11.5 Å². The molecule has 1 rings (SSSR count). The van der Waals surface area contributed by atoms with E-state index in [0.29, 0.717) is 12.8 Å². The maximum absolute atomic E-state index is 11.7. The van der Waals surface area contributed by atoms with Gasteiger partial charge in [-0.25, -0.2) is 0 Å². The summed E-state index contributed by atoms with van der Waals surface area (Å²) in [7, 11) is 0. The van der Waals surface area contributed by atoms with Gasteiger partial charge in [0.25, 0.3) is 0 Å². The van der Waals surface area contributed by atoms with Gasteiger partial charge in [-0.05, 0) is 18.9 Å². The van der Waals surface area contributed by atoms with Crippen molar-refractivity contribution in [3.63, 3.8) is 0 Å². The van der Waals surface area contributed by atoms with Crippen molar-refractivity contribution < 1.29 is 15.0 Å². The minimum Gasteiger partial charge on any atom is -0.508 e. The summed E-state index contributed by atoms with van der Waals surface area (Å²) in [6.07, 6.45) is 3.48. The first-order valence-electron chi connectivity index (χ1n) is 6.66. The molecule has 0 aliphatic carbocycles. The van der Waals surface area contributed by atoms with E-state index in [2.05, 4.69) is 0 Å². The minimum atomic E-state index is -0.136. The molecule has 100 valence electrons. The predicted molar refractivity (Wildman–Crippen MR) is 72.4 cm³/mol. The molecule has 1 aromatic carbocycles. The van der Waals surface area contributed by atoms with E-state index in [1.807, 2.05) is 13.8 Å². The zero-order valence-electron chi connectivity index (χ0n) is 11.4. The van der Waals surface area contributed by atoms with E-state index in [9.17, 15) is 15.0 Å². The molecule has 0 amide bonds. The highest BCUT2D eigenvalue weighted by molar-refractivity contribution is 5.99. The van der Waals surface area contributed by atoms with Gasteiger partial charge in [-0.15, -0.1) is 0 Å². The van der Waals surface area contributed by atoms with Gasteiger partial charge in [0.05, 0.1) is 5.56 Å². The molecule has 0 spiro atoms. The fraction of sp³-hybridized carbons (Fsp3) is 0.533. The summed E-state index contributed by atoms with van der Waals surface area (Å²) >= 11 is 0. The fourth-order valence-corrected chi connectivity index (χ4v) is 2.20. The van der Waals surface area contributed by atoms with Crippen molar-refractivity contribution in [3.8, 4) is 11.5 Å². The summed E-state index contributed by atoms with van der Waals surface area (Å²) in [4.78, 5) is 11.7. The van der Waals surface area contributed by atoms with E-state index in [-0.39, 0.29) is 22.8 Å². The van der Waals surface area contributed by atoms with E-state index in [1.165, 1.54) is 6.07 Å². The fourth-order valence-electron chi connectivity index (χ4n) is 2.20. The average molecular weight is 250 g/mol. The third-order valence-corrected chi connectivity index (χ3v) is 3.12. The number of carbonyl (C=O) groups excluding carboxylic acids is 1. The molecule has 0 aliphatic heterocycles. The monoisotopic (exact) mass is 250 g/mol. The Morgan fingerprint density at radius 2 is 1.61 bits per heavy atom. The molecule has 0 aromatic heterocycles. The van der Waals surface area contributed by atoms with E-state index in [1.54, 1.807) is 6.92 Å². The second-order valence-corrected chi connectivity index (χ2v) is 4.53. The minimum absolute atomic E-state index is 0.0601. The van der Waals surface area contributed by atoms with E-state index in [4.69, 9.17) is 0 Å². The molecule has 0 atom stereocenters. The van der Waals surface area contributed by atoms with Crippen molar-refractivity contribution >= 4 is 5.78 Å². The Morgan fingerprint density at radius 3 is 2.11 bits per heavy atom. The number of hydrogen-bond donors (Lipinski definition) is 2. The molecule has 18 heavy (non-hydrogen) atoms. The maximum Gasteiger partial charge on any atom is 0.166 e. The molecule has 0 saturated carbocycles. The van der Waals surface area contributed by atoms with Crippen LogP contribution in [0.1, 0.15) is 61.5 Å². The molecule has 0 aliphatic rings. The van der Waals surface area contributed by atoms with Gasteiger partial charge in [-0.3, -0.25) is 4.79 Å². The first-order chi connectivity index (χ1) is 8.56. The molecule has 0 saturated heterocycles. The number of phenols is 2. The first kappa shape index (κ1) is 14.6. The van der Waals surface area contributed by atoms with Crippen LogP contribution >= 0.6 is 0 Å². The first-order valence-corrected chi connectivity index (χ1v) is 6.66. The second-order valence-electron chi connectivity index (χ2n) is 4.53. The Balaban J connectivity index is 3.39. The van der Waals surface area contributed by atoms with Gasteiger partial charge >= 0.3 is 0 Å². The van der Waals surface area contributed by atoms with Crippen LogP contribution in [0, 0.1) is 0 Å². The molecule has 0 radical (unpaired) electrons. The lowest BCUT2D eigenvalue weighted by molar-refractivity contribution is 0.0985. The van der Waals surface area contributed by atoms with Crippen LogP contribution in [0.25, 0.3) is 0 Å². The molecule has 0 unspecified atom stereocenters. The van der Waals surface area contributed by atoms with Crippen molar-refractivity contribution in [2.75, 3.05) is 0 Å². The number of phenolic OH excluding ortho intramolecular Hbond substituents is 2. The Kier molecular flexibility index (Phi) is 5.20. The van der Waals surface area contributed by atoms with Crippen molar-refractivity contribution in [1.82, 2.24) is 0 Å². The van der Waals surface area contributed by atoms with Crippen LogP contribution < -0.4 is 0 Å². The van der Waals surface area contributed by atoms with Crippen molar-refractivity contribution in [1.29, 1.82) is 0 Å². The molecule has 0 fully saturated rings. The summed E-state index contributed by atoms with van der Waals surface area (Å²) in [5.74, 6) is 0.0584. The number of hydrogen-bond acceptors (Lipinski definition) is 3. The zero-order valence-corrected chi connectivity index (χ0v) is 11.4. The quantitative estimate of drug-likeness (QED) is 0.599. The molecular weight excluding hydrogens is 228 g/mol. The summed E-state index contributed by atoms with van der Waals surface area (Å²) < 4.78 is 0. The van der Waals surface area contributed by atoms with Crippen molar-refractivity contribution in [2.45, 2.75) is 52.9 Å². The van der Waals surface area contributed by atoms with E-state index >= 15 is 0 Å². The molecule has 1 aromatic rings. The van der Waals surface area contributed by atoms with Gasteiger partial charge in [0.1, 0.15) is 11.5 Å². The zero-order chi connectivity index (χ0) is 13.7. The topological polar surface area (TPSA) is 57.5 Å². The molecule has 2 N–H and O–H groups in total. The average Bonchev–Trinajstić information content (AvgIpc) is 2.36. The summed E-state index contributed by atoms with van der Waals surface area (Å²) in [5.41, 5.74) is 1.76. The second kappa shape index (κ2) is 6.43. The third-order valence-electron chi connectivity index (χ3n) is 3.12. The third kappa shape index (κ3) is 2.84. The van der Waals surface area contributed by atoms with Crippen LogP contribution in [0.4, 0.5) is 0 Å². The normalized spacial score (nSPS) is 10.6. The summed E-state index contributed by atoms with van der Waals surface area (Å²) in [6.45, 7) is 5.79. The molecular formula is C15H22O3. The van der Waals surface area contributed by atoms with Crippen LogP contribution in [0.15, 0.2) is 6.07 Å². The molecule has 0 bridgehead atoms. The molecule has 3 heteroatoms. The molecule has 3 nitrogen and oxygen atoms in total. The Labute approximate surface area is 108 Å². The summed E-state index contributed by atoms with van der Waals surface area (Å²) in [5, 5.41) is 20.3. The van der Waals surface area contributed by atoms with Gasteiger partial charge in [-0.1, -0.05) is 33.6 Å². The standard InChI is InChI=1S/C15H22O3/c1-4-7-10-11(8-5-2)15(18)12(9-14(10)17)13(16)6-3/h9,17-18H,4-8H2,1-3H3. The Hall–Kier alpha value is -1.51. The number of benzene rings is 1. The maximum atomic E-state index is 11.7. The van der Waals surface area contributed by atoms with Gasteiger partial charge in [-0.2, -0.15) is 0 Å². The van der Waals surface area contributed by atoms with E-state index in [0.717, 1.165) is 30.4 Å². The van der Waals surface area contributed by atoms with Crippen LogP contribution in [-0.4, -0.2) is 16.0 Å². The van der Waals surface area contributed by atoms with Crippen LogP contribution in [0.2, 0.25) is 0 Å². The lowest BCUT2D eigenvalue weighted by Crippen LogP contribution is -2.03. The smallest absolute Gasteiger partial charge is 0.166 e. The number of carbonyl (C=O) groups is 1. The highest BCUT2D eigenvalue weighted by Gasteiger charge is 2.19. The SMILES string of the molecule is CCCc1c(O)cc(C(=O)CC)c(O)c1CCC. The number of Topliss-reactive ketones (excluding diaryl/α,β-unsaturated/α-hetero) is 1. The number of ketones is 1. The van der Waals surface area contributed by atoms with E-state index < -0.39 is 0 Å². The van der Waals surface area contributed by atoms with Crippen LogP contribution in [0.3, 0.4) is 0 Å². The predicted octanol–water partition coefficient (Wildman–Crippen LogP) is 3.60. The lowest BCUT2D eigenvalue weighted by Gasteiger charge is -2.15. The highest BCUT2D eigenvalue weighted by atomic mass is 16.3.